The lowest BCUT2D eigenvalue weighted by Crippen LogP contribution is -2.52. The van der Waals surface area contributed by atoms with Crippen molar-refractivity contribution >= 4 is 23.8 Å². The molecule has 11 heteroatoms. The first-order valence-electron chi connectivity index (χ1n) is 7.55. The maximum atomic E-state index is 12.4. The second-order valence-electron chi connectivity index (χ2n) is 5.27. The Balaban J connectivity index is 2.79. The fourth-order valence-corrected chi connectivity index (χ4v) is 2.02. The first-order valence-corrected chi connectivity index (χ1v) is 7.55. The van der Waals surface area contributed by atoms with Gasteiger partial charge in [0.25, 0.3) is 0 Å². The number of hydrogen-bond acceptors (Lipinski definition) is 6. The lowest BCUT2D eigenvalue weighted by Gasteiger charge is -2.21. The zero-order valence-electron chi connectivity index (χ0n) is 13.4. The average molecular weight is 355 g/mol. The molecule has 0 spiro atoms. The number of carbonyl (C=O) groups excluding carboxylic acids is 2. The lowest BCUT2D eigenvalue weighted by molar-refractivity contribution is -0.143. The molecule has 1 rings (SSSR count). The molecule has 0 saturated carbocycles. The Bertz CT molecular complexity index is 603. The average Bonchev–Trinajstić information content (AvgIpc) is 3.03. The summed E-state index contributed by atoms with van der Waals surface area (Å²) in [5.74, 6) is -3.73. The largest absolute Gasteiger partial charge is 0.481 e. The van der Waals surface area contributed by atoms with E-state index < -0.39 is 42.3 Å². The van der Waals surface area contributed by atoms with Crippen LogP contribution in [-0.2, 0) is 25.6 Å². The number of carboxylic acids is 2. The molecular formula is C14H21N5O6. The standard InChI is InChI=1S/C14H21N5O6/c15-4-3-11(20)18-10(5-8-6-16-7-17-8)13(23)19-9(14(24)25)1-2-12(21)22/h6-7,9-10H,1-5,15H2,(H,16,17)(H,18,20)(H,19,23)(H,21,22)(H,24,25)/t9-,10+/m0/s1. The highest BCUT2D eigenvalue weighted by atomic mass is 16.4. The predicted octanol–water partition coefficient (Wildman–Crippen LogP) is -1.78. The molecule has 2 amide bonds. The fourth-order valence-electron chi connectivity index (χ4n) is 2.02. The molecule has 0 aromatic carbocycles. The SMILES string of the molecule is NCCC(=O)N[C@H](Cc1cnc[nH]1)C(=O)N[C@@H](CCC(=O)O)C(=O)O. The molecule has 0 fully saturated rings. The Morgan fingerprint density at radius 1 is 1.16 bits per heavy atom. The van der Waals surface area contributed by atoms with Gasteiger partial charge in [-0.15, -0.1) is 0 Å². The van der Waals surface area contributed by atoms with E-state index in [1.165, 1.54) is 12.5 Å². The number of nitrogens with two attached hydrogens (primary N) is 1. The summed E-state index contributed by atoms with van der Waals surface area (Å²) in [6, 6.07) is -2.43. The van der Waals surface area contributed by atoms with Gasteiger partial charge in [0.05, 0.1) is 6.33 Å². The van der Waals surface area contributed by atoms with Gasteiger partial charge in [-0.3, -0.25) is 14.4 Å². The minimum Gasteiger partial charge on any atom is -0.481 e. The van der Waals surface area contributed by atoms with E-state index >= 15 is 0 Å². The summed E-state index contributed by atoms with van der Waals surface area (Å²) in [6.07, 6.45) is 2.25. The first-order chi connectivity index (χ1) is 11.8. The number of carboxylic acid groups (broad SMARTS) is 2. The lowest BCUT2D eigenvalue weighted by atomic mass is 10.1. The first kappa shape index (κ1) is 20.1. The Hall–Kier alpha value is -2.95. The number of imidazole rings is 1. The number of nitrogens with one attached hydrogen (secondary N) is 3. The molecule has 0 radical (unpaired) electrons. The van der Waals surface area contributed by atoms with Gasteiger partial charge in [-0.25, -0.2) is 9.78 Å². The third-order valence-corrected chi connectivity index (χ3v) is 3.26. The minimum atomic E-state index is -1.38. The topological polar surface area (TPSA) is 187 Å². The molecule has 0 bridgehead atoms. The van der Waals surface area contributed by atoms with Crippen LogP contribution in [0.4, 0.5) is 0 Å². The molecule has 11 nitrogen and oxygen atoms in total. The Morgan fingerprint density at radius 3 is 2.40 bits per heavy atom. The van der Waals surface area contributed by atoms with Gasteiger partial charge in [0, 0.05) is 37.7 Å². The summed E-state index contributed by atoms with van der Waals surface area (Å²) in [5.41, 5.74) is 5.86. The molecule has 0 aliphatic heterocycles. The van der Waals surface area contributed by atoms with Crippen LogP contribution in [0.15, 0.2) is 12.5 Å². The number of aromatic nitrogens is 2. The molecule has 2 atom stereocenters. The zero-order chi connectivity index (χ0) is 18.8. The summed E-state index contributed by atoms with van der Waals surface area (Å²) in [5, 5.41) is 22.5. The highest BCUT2D eigenvalue weighted by Crippen LogP contribution is 2.03. The Kier molecular flexibility index (Phi) is 8.06. The second kappa shape index (κ2) is 10.0. The third-order valence-electron chi connectivity index (χ3n) is 3.26. The second-order valence-corrected chi connectivity index (χ2v) is 5.27. The number of amides is 2. The van der Waals surface area contributed by atoms with Crippen LogP contribution >= 0.6 is 0 Å². The minimum absolute atomic E-state index is 0.00807. The van der Waals surface area contributed by atoms with E-state index in [-0.39, 0.29) is 25.8 Å². The van der Waals surface area contributed by atoms with E-state index in [9.17, 15) is 19.2 Å². The van der Waals surface area contributed by atoms with Gasteiger partial charge in [-0.1, -0.05) is 0 Å². The summed E-state index contributed by atoms with van der Waals surface area (Å²) in [6.45, 7) is 0.0978. The molecule has 1 aromatic heterocycles. The van der Waals surface area contributed by atoms with E-state index in [2.05, 4.69) is 20.6 Å². The molecule has 7 N–H and O–H groups in total. The van der Waals surface area contributed by atoms with Crippen LogP contribution in [0, 0.1) is 0 Å². The molecule has 0 aliphatic rings. The van der Waals surface area contributed by atoms with E-state index in [0.717, 1.165) is 0 Å². The van der Waals surface area contributed by atoms with Gasteiger partial charge in [-0.05, 0) is 6.42 Å². The number of nitrogens with zero attached hydrogens (tertiary/aromatic N) is 1. The van der Waals surface area contributed by atoms with Crippen LogP contribution < -0.4 is 16.4 Å². The van der Waals surface area contributed by atoms with E-state index in [1.807, 2.05) is 0 Å². The predicted molar refractivity (Wildman–Crippen MR) is 84.3 cm³/mol. The summed E-state index contributed by atoms with van der Waals surface area (Å²) >= 11 is 0. The zero-order valence-corrected chi connectivity index (χ0v) is 13.4. The van der Waals surface area contributed by atoms with Crippen LogP contribution in [0.25, 0.3) is 0 Å². The number of aromatic amines is 1. The molecule has 1 heterocycles. The van der Waals surface area contributed by atoms with Gasteiger partial charge in [0.15, 0.2) is 0 Å². The number of aliphatic carboxylic acids is 2. The van der Waals surface area contributed by atoms with Gasteiger partial charge < -0.3 is 31.6 Å². The molecule has 0 aliphatic carbocycles. The maximum Gasteiger partial charge on any atom is 0.326 e. The Labute approximate surface area is 143 Å². The van der Waals surface area contributed by atoms with Crippen molar-refractivity contribution in [3.05, 3.63) is 18.2 Å². The summed E-state index contributed by atoms with van der Waals surface area (Å²) in [7, 11) is 0. The molecule has 138 valence electrons. The molecule has 1 aromatic rings. The fraction of sp³-hybridized carbons (Fsp3) is 0.500. The van der Waals surface area contributed by atoms with Gasteiger partial charge in [0.2, 0.25) is 11.8 Å². The van der Waals surface area contributed by atoms with Gasteiger partial charge in [-0.2, -0.15) is 0 Å². The third kappa shape index (κ3) is 7.44. The Morgan fingerprint density at radius 2 is 1.88 bits per heavy atom. The van der Waals surface area contributed by atoms with Crippen molar-refractivity contribution in [2.75, 3.05) is 6.54 Å². The van der Waals surface area contributed by atoms with Crippen LogP contribution in [0.1, 0.15) is 25.0 Å². The molecule has 0 saturated heterocycles. The number of hydrogen-bond donors (Lipinski definition) is 6. The van der Waals surface area contributed by atoms with Crippen LogP contribution in [0.5, 0.6) is 0 Å². The van der Waals surface area contributed by atoms with E-state index in [0.29, 0.717) is 5.69 Å². The van der Waals surface area contributed by atoms with Crippen molar-refractivity contribution in [2.45, 2.75) is 37.8 Å². The highest BCUT2D eigenvalue weighted by molar-refractivity contribution is 5.90. The van der Waals surface area contributed by atoms with Crippen molar-refractivity contribution in [1.29, 1.82) is 0 Å². The summed E-state index contributed by atoms with van der Waals surface area (Å²) < 4.78 is 0. The van der Waals surface area contributed by atoms with Gasteiger partial charge in [0.1, 0.15) is 12.1 Å². The number of carbonyl (C=O) groups is 4. The smallest absolute Gasteiger partial charge is 0.326 e. The summed E-state index contributed by atoms with van der Waals surface area (Å²) in [4.78, 5) is 52.5. The molecule has 0 unspecified atom stereocenters. The highest BCUT2D eigenvalue weighted by Gasteiger charge is 2.27. The van der Waals surface area contributed by atoms with Crippen molar-refractivity contribution in [1.82, 2.24) is 20.6 Å². The quantitative estimate of drug-likeness (QED) is 0.268. The van der Waals surface area contributed by atoms with Crippen molar-refractivity contribution in [2.24, 2.45) is 5.73 Å². The maximum absolute atomic E-state index is 12.4. The van der Waals surface area contributed by atoms with Crippen LogP contribution in [-0.4, -0.2) is 62.6 Å². The van der Waals surface area contributed by atoms with Crippen molar-refractivity contribution in [3.63, 3.8) is 0 Å². The molecular weight excluding hydrogens is 334 g/mol. The van der Waals surface area contributed by atoms with E-state index in [4.69, 9.17) is 15.9 Å². The monoisotopic (exact) mass is 355 g/mol. The number of H-pyrrole nitrogens is 1. The number of rotatable bonds is 11. The molecule has 25 heavy (non-hydrogen) atoms. The van der Waals surface area contributed by atoms with Crippen LogP contribution in [0.2, 0.25) is 0 Å². The van der Waals surface area contributed by atoms with Crippen LogP contribution in [0.3, 0.4) is 0 Å². The normalized spacial score (nSPS) is 12.8. The van der Waals surface area contributed by atoms with Crippen molar-refractivity contribution < 1.29 is 29.4 Å². The van der Waals surface area contributed by atoms with E-state index in [1.54, 1.807) is 0 Å². The van der Waals surface area contributed by atoms with Gasteiger partial charge >= 0.3 is 11.9 Å². The van der Waals surface area contributed by atoms with Crippen molar-refractivity contribution in [3.8, 4) is 0 Å².